The van der Waals surface area contributed by atoms with Crippen LogP contribution in [0.15, 0.2) is 67.8 Å². The Morgan fingerprint density at radius 3 is 2.76 bits per heavy atom. The lowest BCUT2D eigenvalue weighted by Crippen LogP contribution is -1.94. The van der Waals surface area contributed by atoms with Gasteiger partial charge in [-0.3, -0.25) is 0 Å². The van der Waals surface area contributed by atoms with Crippen molar-refractivity contribution in [2.45, 2.75) is 10.2 Å². The van der Waals surface area contributed by atoms with Crippen LogP contribution in [0.3, 0.4) is 0 Å². The zero-order valence-corrected chi connectivity index (χ0v) is 14.8. The molecule has 4 aromatic rings. The third-order valence-corrected chi connectivity index (χ3v) is 4.84. The normalized spacial score (nSPS) is 11.1. The van der Waals surface area contributed by atoms with Crippen LogP contribution in [0.1, 0.15) is 0 Å². The molecular weight excluding hydrogens is 410 g/mol. The number of hydrogen-bond acceptors (Lipinski definition) is 7. The average molecular weight is 418 g/mol. The number of nitrogens with zero attached hydrogens (tertiary/aromatic N) is 5. The van der Waals surface area contributed by atoms with Crippen LogP contribution in [0.2, 0.25) is 0 Å². The minimum absolute atomic E-state index is 0.138. The number of halogens is 1. The van der Waals surface area contributed by atoms with E-state index in [0.29, 0.717) is 11.5 Å². The van der Waals surface area contributed by atoms with Crippen molar-refractivity contribution in [3.05, 3.63) is 63.2 Å². The lowest BCUT2D eigenvalue weighted by atomic mass is 10.2. The van der Waals surface area contributed by atoms with Crippen molar-refractivity contribution in [3.8, 4) is 11.5 Å². The van der Waals surface area contributed by atoms with E-state index >= 15 is 0 Å². The Bertz CT molecular complexity index is 1090. The summed E-state index contributed by atoms with van der Waals surface area (Å²) in [6, 6.07) is 12.6. The third-order valence-electron chi connectivity index (χ3n) is 3.34. The van der Waals surface area contributed by atoms with E-state index in [1.807, 2.05) is 24.3 Å². The predicted octanol–water partition coefficient (Wildman–Crippen LogP) is 4.21. The summed E-state index contributed by atoms with van der Waals surface area (Å²) < 4.78 is 7.85. The van der Waals surface area contributed by atoms with E-state index in [2.05, 4.69) is 31.1 Å². The molecule has 25 heavy (non-hydrogen) atoms. The highest BCUT2D eigenvalue weighted by molar-refractivity contribution is 9.10. The molecule has 0 unspecified atom stereocenters. The molecule has 124 valence electrons. The maximum absolute atomic E-state index is 11.4. The lowest BCUT2D eigenvalue weighted by Gasteiger charge is -1.97. The molecule has 3 heterocycles. The molecule has 4 rings (SSSR count). The van der Waals surface area contributed by atoms with Crippen LogP contribution in [0.25, 0.3) is 17.1 Å². The number of rotatable bonds is 4. The maximum Gasteiger partial charge on any atom is 0.362 e. The zero-order chi connectivity index (χ0) is 17.4. The molecule has 0 saturated heterocycles. The quantitative estimate of drug-likeness (QED) is 0.362. The summed E-state index contributed by atoms with van der Waals surface area (Å²) in [5.41, 5.74) is 1.22. The second kappa shape index (κ2) is 6.30. The fraction of sp³-hybridized carbons (Fsp3) is 0. The van der Waals surface area contributed by atoms with Gasteiger partial charge in [0.15, 0.2) is 0 Å². The first-order valence-corrected chi connectivity index (χ1v) is 8.62. The molecule has 0 atom stereocenters. The first kappa shape index (κ1) is 15.8. The molecule has 0 saturated carbocycles. The number of hydrogen-bond donors (Lipinski definition) is 0. The molecule has 0 aliphatic heterocycles. The molecular formula is C15H8BrN5O3S. The summed E-state index contributed by atoms with van der Waals surface area (Å²) >= 11 is 4.38. The molecule has 0 N–H and O–H groups in total. The number of aromatic nitrogens is 4. The van der Waals surface area contributed by atoms with Crippen molar-refractivity contribution >= 4 is 39.2 Å². The number of benzene rings is 1. The smallest absolute Gasteiger partial charge is 0.362 e. The molecule has 8 nitrogen and oxygen atoms in total. The van der Waals surface area contributed by atoms with Crippen molar-refractivity contribution in [2.75, 3.05) is 0 Å². The second-order valence-corrected chi connectivity index (χ2v) is 6.68. The van der Waals surface area contributed by atoms with Gasteiger partial charge in [0.2, 0.25) is 16.6 Å². The number of pyridine rings is 1. The number of nitro groups is 1. The van der Waals surface area contributed by atoms with Crippen LogP contribution in [-0.4, -0.2) is 24.5 Å². The van der Waals surface area contributed by atoms with Gasteiger partial charge in [-0.1, -0.05) is 18.2 Å². The molecule has 10 heteroatoms. The average Bonchev–Trinajstić information content (AvgIpc) is 3.19. The Morgan fingerprint density at radius 1 is 1.16 bits per heavy atom. The summed E-state index contributed by atoms with van der Waals surface area (Å²) in [5, 5.41) is 19.7. The van der Waals surface area contributed by atoms with Crippen molar-refractivity contribution in [2.24, 2.45) is 0 Å². The Labute approximate surface area is 153 Å². The molecule has 0 aliphatic rings. The topological polar surface area (TPSA) is 99.4 Å². The van der Waals surface area contributed by atoms with E-state index in [4.69, 9.17) is 4.42 Å². The van der Waals surface area contributed by atoms with E-state index in [1.165, 1.54) is 4.40 Å². The van der Waals surface area contributed by atoms with Crippen molar-refractivity contribution in [1.82, 2.24) is 19.6 Å². The zero-order valence-electron chi connectivity index (χ0n) is 12.4. The summed E-state index contributed by atoms with van der Waals surface area (Å²) in [6.07, 6.45) is 1.59. The van der Waals surface area contributed by atoms with Crippen LogP contribution in [0, 0.1) is 10.1 Å². The van der Waals surface area contributed by atoms with Crippen LogP contribution in [0.4, 0.5) is 5.82 Å². The monoisotopic (exact) mass is 417 g/mol. The molecule has 0 bridgehead atoms. The number of imidazole rings is 1. The highest BCUT2D eigenvalue weighted by Gasteiger charge is 2.25. The van der Waals surface area contributed by atoms with Gasteiger partial charge in [-0.05, 0) is 50.8 Å². The Kier molecular flexibility index (Phi) is 3.98. The Balaban J connectivity index is 1.72. The highest BCUT2D eigenvalue weighted by atomic mass is 79.9. The third kappa shape index (κ3) is 2.89. The molecule has 0 aliphatic carbocycles. The first-order valence-electron chi connectivity index (χ1n) is 7.01. The van der Waals surface area contributed by atoms with Gasteiger partial charge in [0.25, 0.3) is 5.22 Å². The van der Waals surface area contributed by atoms with E-state index in [-0.39, 0.29) is 16.1 Å². The van der Waals surface area contributed by atoms with E-state index < -0.39 is 4.92 Å². The van der Waals surface area contributed by atoms with Crippen LogP contribution >= 0.6 is 27.7 Å². The van der Waals surface area contributed by atoms with Crippen LogP contribution in [-0.2, 0) is 0 Å². The van der Waals surface area contributed by atoms with Crippen molar-refractivity contribution < 1.29 is 9.34 Å². The van der Waals surface area contributed by atoms with Crippen LogP contribution in [0.5, 0.6) is 0 Å². The van der Waals surface area contributed by atoms with Gasteiger partial charge in [0.1, 0.15) is 0 Å². The van der Waals surface area contributed by atoms with E-state index in [1.54, 1.807) is 24.4 Å². The van der Waals surface area contributed by atoms with Gasteiger partial charge in [0, 0.05) is 10.5 Å². The summed E-state index contributed by atoms with van der Waals surface area (Å²) in [5.74, 6) is 0.183. The summed E-state index contributed by atoms with van der Waals surface area (Å²) in [4.78, 5) is 15.2. The number of fused-ring (bicyclic) bond motifs is 1. The second-order valence-electron chi connectivity index (χ2n) is 4.88. The SMILES string of the molecule is O=[N+]([O-])c1c(Sc2nnc(-c3ccccc3Br)o2)nc2ccccn12. The highest BCUT2D eigenvalue weighted by Crippen LogP contribution is 2.36. The summed E-state index contributed by atoms with van der Waals surface area (Å²) in [6.45, 7) is 0. The van der Waals surface area contributed by atoms with Crippen molar-refractivity contribution in [3.63, 3.8) is 0 Å². The Hall–Kier alpha value is -2.72. The minimum Gasteiger partial charge on any atom is -0.411 e. The molecule has 0 amide bonds. The van der Waals surface area contributed by atoms with E-state index in [0.717, 1.165) is 21.8 Å². The predicted molar refractivity (Wildman–Crippen MR) is 93.4 cm³/mol. The van der Waals surface area contributed by atoms with Crippen LogP contribution < -0.4 is 0 Å². The maximum atomic E-state index is 11.4. The van der Waals surface area contributed by atoms with Gasteiger partial charge >= 0.3 is 5.82 Å². The minimum atomic E-state index is -0.479. The van der Waals surface area contributed by atoms with Gasteiger partial charge < -0.3 is 14.5 Å². The standard InChI is InChI=1S/C15H8BrN5O3S/c16-10-6-2-1-5-9(10)12-18-19-15(24-12)25-13-14(21(22)23)20-8-4-3-7-11(20)17-13/h1-8H. The fourth-order valence-corrected chi connectivity index (χ4v) is 3.50. The van der Waals surface area contributed by atoms with Gasteiger partial charge in [0.05, 0.1) is 11.8 Å². The largest absolute Gasteiger partial charge is 0.411 e. The van der Waals surface area contributed by atoms with Crippen molar-refractivity contribution in [1.29, 1.82) is 0 Å². The Morgan fingerprint density at radius 2 is 1.96 bits per heavy atom. The molecule has 0 fully saturated rings. The molecule has 3 aromatic heterocycles. The molecule has 0 spiro atoms. The molecule has 0 radical (unpaired) electrons. The van der Waals surface area contributed by atoms with E-state index in [9.17, 15) is 10.1 Å². The van der Waals surface area contributed by atoms with Gasteiger partial charge in [-0.2, -0.15) is 9.38 Å². The fourth-order valence-electron chi connectivity index (χ4n) is 2.27. The summed E-state index contributed by atoms with van der Waals surface area (Å²) in [7, 11) is 0. The lowest BCUT2D eigenvalue weighted by molar-refractivity contribution is -0.393. The van der Waals surface area contributed by atoms with Gasteiger partial charge in [-0.15, -0.1) is 10.2 Å². The first-order chi connectivity index (χ1) is 12.1. The molecule has 1 aromatic carbocycles. The van der Waals surface area contributed by atoms with Gasteiger partial charge in [-0.25, -0.2) is 0 Å².